The van der Waals surface area contributed by atoms with Crippen LogP contribution in [-0.4, -0.2) is 6.29 Å². The average molecular weight is 274 g/mol. The second-order valence-corrected chi connectivity index (χ2v) is 4.65. The monoisotopic (exact) mass is 274 g/mol. The fourth-order valence-electron chi connectivity index (χ4n) is 2.15. The van der Waals surface area contributed by atoms with Crippen molar-refractivity contribution in [3.63, 3.8) is 0 Å². The number of benzene rings is 3. The zero-order valence-corrected chi connectivity index (χ0v) is 11.4. The van der Waals surface area contributed by atoms with Crippen LogP contribution in [0.25, 0.3) is 11.1 Å². The van der Waals surface area contributed by atoms with Gasteiger partial charge in [0.2, 0.25) is 0 Å². The van der Waals surface area contributed by atoms with Crippen LogP contribution in [0.5, 0.6) is 11.5 Å². The van der Waals surface area contributed by atoms with Crippen molar-refractivity contribution < 1.29 is 9.53 Å². The molecule has 2 nitrogen and oxygen atoms in total. The van der Waals surface area contributed by atoms with Crippen LogP contribution < -0.4 is 4.74 Å². The van der Waals surface area contributed by atoms with E-state index in [1.54, 1.807) is 0 Å². The van der Waals surface area contributed by atoms with E-state index in [0.29, 0.717) is 5.56 Å². The summed E-state index contributed by atoms with van der Waals surface area (Å²) in [5.41, 5.74) is 2.69. The number of carbonyl (C=O) groups is 1. The fraction of sp³-hybridized carbons (Fsp3) is 0. The topological polar surface area (TPSA) is 26.3 Å². The number of para-hydroxylation sites is 2. The highest BCUT2D eigenvalue weighted by molar-refractivity contribution is 5.78. The van der Waals surface area contributed by atoms with Crippen LogP contribution >= 0.6 is 0 Å². The number of aldehydes is 1. The standard InChI is InChI=1S/C19H14O2/c20-14-15-10-12-16(13-11-15)18-8-4-5-9-19(18)21-17-6-2-1-3-7-17/h1-14H. The Balaban J connectivity index is 1.97. The van der Waals surface area contributed by atoms with E-state index >= 15 is 0 Å². The highest BCUT2D eigenvalue weighted by Crippen LogP contribution is 2.33. The van der Waals surface area contributed by atoms with Crippen molar-refractivity contribution in [1.29, 1.82) is 0 Å². The molecule has 0 N–H and O–H groups in total. The maximum Gasteiger partial charge on any atom is 0.150 e. The molecular formula is C19H14O2. The highest BCUT2D eigenvalue weighted by atomic mass is 16.5. The molecule has 0 radical (unpaired) electrons. The molecule has 0 fully saturated rings. The SMILES string of the molecule is O=Cc1ccc(-c2ccccc2Oc2ccccc2)cc1. The molecule has 3 rings (SSSR count). The van der Waals surface area contributed by atoms with Crippen LogP contribution in [-0.2, 0) is 0 Å². The third-order valence-corrected chi connectivity index (χ3v) is 3.22. The normalized spacial score (nSPS) is 10.1. The molecule has 21 heavy (non-hydrogen) atoms. The van der Waals surface area contributed by atoms with Gasteiger partial charge in [0.25, 0.3) is 0 Å². The molecular weight excluding hydrogens is 260 g/mol. The van der Waals surface area contributed by atoms with E-state index in [4.69, 9.17) is 4.74 Å². The van der Waals surface area contributed by atoms with Gasteiger partial charge in [0.05, 0.1) is 0 Å². The minimum absolute atomic E-state index is 0.667. The van der Waals surface area contributed by atoms with Crippen molar-refractivity contribution in [1.82, 2.24) is 0 Å². The van der Waals surface area contributed by atoms with Crippen LogP contribution in [0.4, 0.5) is 0 Å². The van der Waals surface area contributed by atoms with Crippen LogP contribution in [0, 0.1) is 0 Å². The average Bonchev–Trinajstić information content (AvgIpc) is 2.56. The maximum absolute atomic E-state index is 10.7. The smallest absolute Gasteiger partial charge is 0.150 e. The number of carbonyl (C=O) groups excluding carboxylic acids is 1. The molecule has 3 aromatic rings. The molecule has 0 spiro atoms. The Hall–Kier alpha value is -2.87. The van der Waals surface area contributed by atoms with E-state index in [-0.39, 0.29) is 0 Å². The predicted molar refractivity (Wildman–Crippen MR) is 83.8 cm³/mol. The molecule has 0 saturated carbocycles. The molecule has 0 atom stereocenters. The van der Waals surface area contributed by atoms with Crippen LogP contribution in [0.15, 0.2) is 78.9 Å². The predicted octanol–water partition coefficient (Wildman–Crippen LogP) is 4.96. The van der Waals surface area contributed by atoms with Crippen molar-refractivity contribution in [2.75, 3.05) is 0 Å². The lowest BCUT2D eigenvalue weighted by Gasteiger charge is -2.11. The van der Waals surface area contributed by atoms with Crippen molar-refractivity contribution in [3.8, 4) is 22.6 Å². The Kier molecular flexibility index (Phi) is 3.79. The van der Waals surface area contributed by atoms with Crippen molar-refractivity contribution in [3.05, 3.63) is 84.4 Å². The van der Waals surface area contributed by atoms with E-state index in [0.717, 1.165) is 28.9 Å². The van der Waals surface area contributed by atoms with Gasteiger partial charge in [0.1, 0.15) is 17.8 Å². The lowest BCUT2D eigenvalue weighted by atomic mass is 10.0. The Morgan fingerprint density at radius 3 is 2.10 bits per heavy atom. The Labute approximate surface area is 123 Å². The van der Waals surface area contributed by atoms with Gasteiger partial charge in [-0.1, -0.05) is 60.7 Å². The first-order chi connectivity index (χ1) is 10.4. The summed E-state index contributed by atoms with van der Waals surface area (Å²) >= 11 is 0. The molecule has 0 aliphatic carbocycles. The van der Waals surface area contributed by atoms with Crippen molar-refractivity contribution in [2.45, 2.75) is 0 Å². The molecule has 0 bridgehead atoms. The van der Waals surface area contributed by atoms with Gasteiger partial charge in [-0.2, -0.15) is 0 Å². The lowest BCUT2D eigenvalue weighted by molar-refractivity contribution is 0.112. The van der Waals surface area contributed by atoms with E-state index < -0.39 is 0 Å². The van der Waals surface area contributed by atoms with E-state index in [9.17, 15) is 4.79 Å². The molecule has 0 aromatic heterocycles. The van der Waals surface area contributed by atoms with Crippen LogP contribution in [0.1, 0.15) is 10.4 Å². The summed E-state index contributed by atoms with van der Waals surface area (Å²) < 4.78 is 5.95. The molecule has 0 aliphatic heterocycles. The van der Waals surface area contributed by atoms with E-state index in [1.165, 1.54) is 0 Å². The molecule has 0 heterocycles. The second kappa shape index (κ2) is 6.06. The summed E-state index contributed by atoms with van der Waals surface area (Å²) in [6, 6.07) is 25.0. The van der Waals surface area contributed by atoms with Crippen LogP contribution in [0.2, 0.25) is 0 Å². The molecule has 2 heteroatoms. The third-order valence-electron chi connectivity index (χ3n) is 3.22. The third kappa shape index (κ3) is 3.00. The number of hydrogen-bond donors (Lipinski definition) is 0. The Morgan fingerprint density at radius 2 is 1.38 bits per heavy atom. The van der Waals surface area contributed by atoms with Gasteiger partial charge in [0.15, 0.2) is 0 Å². The second-order valence-electron chi connectivity index (χ2n) is 4.65. The zero-order valence-electron chi connectivity index (χ0n) is 11.4. The largest absolute Gasteiger partial charge is 0.457 e. The van der Waals surface area contributed by atoms with E-state index in [1.807, 2.05) is 78.9 Å². The minimum Gasteiger partial charge on any atom is -0.457 e. The Morgan fingerprint density at radius 1 is 0.714 bits per heavy atom. The molecule has 0 unspecified atom stereocenters. The van der Waals surface area contributed by atoms with Gasteiger partial charge in [0, 0.05) is 11.1 Å². The maximum atomic E-state index is 10.7. The first-order valence-corrected chi connectivity index (χ1v) is 6.74. The molecule has 0 aliphatic rings. The first-order valence-electron chi connectivity index (χ1n) is 6.74. The number of ether oxygens (including phenoxy) is 1. The summed E-state index contributed by atoms with van der Waals surface area (Å²) in [6.07, 6.45) is 0.843. The number of hydrogen-bond acceptors (Lipinski definition) is 2. The Bertz CT molecular complexity index is 731. The van der Waals surface area contributed by atoms with Gasteiger partial charge in [-0.05, 0) is 23.8 Å². The van der Waals surface area contributed by atoms with Gasteiger partial charge in [-0.3, -0.25) is 4.79 Å². The summed E-state index contributed by atoms with van der Waals surface area (Å²) in [7, 11) is 0. The summed E-state index contributed by atoms with van der Waals surface area (Å²) in [6.45, 7) is 0. The first kappa shape index (κ1) is 13.1. The fourth-order valence-corrected chi connectivity index (χ4v) is 2.15. The van der Waals surface area contributed by atoms with E-state index in [2.05, 4.69) is 0 Å². The molecule has 3 aromatic carbocycles. The molecule has 0 amide bonds. The highest BCUT2D eigenvalue weighted by Gasteiger charge is 2.06. The van der Waals surface area contributed by atoms with Crippen LogP contribution in [0.3, 0.4) is 0 Å². The summed E-state index contributed by atoms with van der Waals surface area (Å²) in [4.78, 5) is 10.7. The summed E-state index contributed by atoms with van der Waals surface area (Å²) in [5.74, 6) is 1.59. The lowest BCUT2D eigenvalue weighted by Crippen LogP contribution is -1.88. The number of rotatable bonds is 4. The molecule has 0 saturated heterocycles. The zero-order chi connectivity index (χ0) is 14.5. The molecule has 102 valence electrons. The quantitative estimate of drug-likeness (QED) is 0.629. The van der Waals surface area contributed by atoms with Gasteiger partial charge < -0.3 is 4.74 Å². The summed E-state index contributed by atoms with van der Waals surface area (Å²) in [5, 5.41) is 0. The van der Waals surface area contributed by atoms with Crippen molar-refractivity contribution >= 4 is 6.29 Å². The van der Waals surface area contributed by atoms with Gasteiger partial charge in [-0.25, -0.2) is 0 Å². The van der Waals surface area contributed by atoms with Gasteiger partial charge in [-0.15, -0.1) is 0 Å². The van der Waals surface area contributed by atoms with Crippen molar-refractivity contribution in [2.24, 2.45) is 0 Å². The minimum atomic E-state index is 0.667. The van der Waals surface area contributed by atoms with Gasteiger partial charge >= 0.3 is 0 Å².